The molecule has 0 bridgehead atoms. The number of allylic oxidation sites excluding steroid dienone is 1. The molecule has 2 heteroatoms. The Balaban J connectivity index is 1.96. The quantitative estimate of drug-likeness (QED) is 0.817. The minimum atomic E-state index is 0.459. The third kappa shape index (κ3) is 4.00. The molecular formula is C18H33NO. The van der Waals surface area contributed by atoms with E-state index in [2.05, 4.69) is 39.1 Å². The highest BCUT2D eigenvalue weighted by atomic mass is 16.5. The maximum atomic E-state index is 5.94. The van der Waals surface area contributed by atoms with Gasteiger partial charge < -0.3 is 10.1 Å². The van der Waals surface area contributed by atoms with Crippen LogP contribution < -0.4 is 5.32 Å². The molecule has 116 valence electrons. The zero-order valence-corrected chi connectivity index (χ0v) is 13.9. The molecule has 20 heavy (non-hydrogen) atoms. The van der Waals surface area contributed by atoms with Gasteiger partial charge >= 0.3 is 0 Å². The lowest BCUT2D eigenvalue weighted by molar-refractivity contribution is 0.106. The van der Waals surface area contributed by atoms with Crippen LogP contribution in [0.15, 0.2) is 11.8 Å². The summed E-state index contributed by atoms with van der Waals surface area (Å²) in [5, 5.41) is 3.68. The third-order valence-corrected chi connectivity index (χ3v) is 5.16. The Bertz CT molecular complexity index is 321. The molecule has 0 aromatic rings. The first-order valence-corrected chi connectivity index (χ1v) is 8.58. The van der Waals surface area contributed by atoms with Gasteiger partial charge in [-0.05, 0) is 68.4 Å². The number of hydrogen-bond acceptors (Lipinski definition) is 2. The summed E-state index contributed by atoms with van der Waals surface area (Å²) in [6, 6.07) is 0.459. The van der Waals surface area contributed by atoms with Gasteiger partial charge in [0, 0.05) is 0 Å². The summed E-state index contributed by atoms with van der Waals surface area (Å²) in [4.78, 5) is 0. The Morgan fingerprint density at radius 2 is 1.95 bits per heavy atom. The van der Waals surface area contributed by atoms with Crippen LogP contribution in [-0.4, -0.2) is 19.2 Å². The molecule has 0 aromatic heterocycles. The maximum absolute atomic E-state index is 5.94. The van der Waals surface area contributed by atoms with Gasteiger partial charge in [0.05, 0.1) is 12.6 Å². The van der Waals surface area contributed by atoms with E-state index in [1.807, 2.05) is 0 Å². The van der Waals surface area contributed by atoms with E-state index >= 15 is 0 Å². The molecule has 0 amide bonds. The fraction of sp³-hybridized carbons (Fsp3) is 0.889. The molecule has 1 N–H and O–H groups in total. The van der Waals surface area contributed by atoms with Gasteiger partial charge in [-0.2, -0.15) is 0 Å². The normalized spacial score (nSPS) is 29.5. The van der Waals surface area contributed by atoms with Gasteiger partial charge in [-0.15, -0.1) is 0 Å². The summed E-state index contributed by atoms with van der Waals surface area (Å²) in [5.41, 5.74) is 0.471. The largest absolute Gasteiger partial charge is 0.497 e. The highest BCUT2D eigenvalue weighted by Gasteiger charge is 2.34. The standard InChI is InChI=1S/C18H33NO/c1-5-19-17(16-8-6-7-13-20-16)14-9-11-15(12-10-14)18(2,3)4/h8,14-15,17,19H,5-7,9-13H2,1-4H3. The second-order valence-electron chi connectivity index (χ2n) is 7.61. The Kier molecular flexibility index (Phi) is 5.54. The second-order valence-corrected chi connectivity index (χ2v) is 7.61. The van der Waals surface area contributed by atoms with Crippen molar-refractivity contribution >= 4 is 0 Å². The van der Waals surface area contributed by atoms with Crippen LogP contribution >= 0.6 is 0 Å². The van der Waals surface area contributed by atoms with Crippen molar-refractivity contribution in [1.29, 1.82) is 0 Å². The van der Waals surface area contributed by atoms with Gasteiger partial charge in [0.1, 0.15) is 5.76 Å². The molecule has 1 saturated carbocycles. The third-order valence-electron chi connectivity index (χ3n) is 5.16. The van der Waals surface area contributed by atoms with E-state index in [0.29, 0.717) is 11.5 Å². The lowest BCUT2D eigenvalue weighted by Crippen LogP contribution is -2.41. The molecule has 2 nitrogen and oxygen atoms in total. The van der Waals surface area contributed by atoms with E-state index in [4.69, 9.17) is 4.74 Å². The minimum Gasteiger partial charge on any atom is -0.497 e. The Labute approximate surface area is 125 Å². The van der Waals surface area contributed by atoms with E-state index in [1.54, 1.807) is 0 Å². The molecule has 2 aliphatic rings. The van der Waals surface area contributed by atoms with E-state index < -0.39 is 0 Å². The van der Waals surface area contributed by atoms with Gasteiger partial charge in [-0.25, -0.2) is 0 Å². The van der Waals surface area contributed by atoms with Crippen LogP contribution in [0.3, 0.4) is 0 Å². The van der Waals surface area contributed by atoms with E-state index in [0.717, 1.165) is 25.0 Å². The summed E-state index contributed by atoms with van der Waals surface area (Å²) in [6.07, 6.45) is 10.1. The van der Waals surface area contributed by atoms with Crippen LogP contribution in [0.2, 0.25) is 0 Å². The van der Waals surface area contributed by atoms with Crippen LogP contribution in [0.4, 0.5) is 0 Å². The smallest absolute Gasteiger partial charge is 0.109 e. The Hall–Kier alpha value is -0.500. The summed E-state index contributed by atoms with van der Waals surface area (Å²) in [6.45, 7) is 11.3. The highest BCUT2D eigenvalue weighted by Crippen LogP contribution is 2.41. The van der Waals surface area contributed by atoms with Crippen molar-refractivity contribution in [1.82, 2.24) is 5.32 Å². The van der Waals surface area contributed by atoms with Gasteiger partial charge in [0.15, 0.2) is 0 Å². The summed E-state index contributed by atoms with van der Waals surface area (Å²) in [5.74, 6) is 2.89. The minimum absolute atomic E-state index is 0.459. The summed E-state index contributed by atoms with van der Waals surface area (Å²) >= 11 is 0. The topological polar surface area (TPSA) is 21.3 Å². The van der Waals surface area contributed by atoms with Crippen LogP contribution in [0.25, 0.3) is 0 Å². The number of rotatable bonds is 4. The number of nitrogens with one attached hydrogen (secondary N) is 1. The molecule has 2 rings (SSSR count). The lowest BCUT2D eigenvalue weighted by atomic mass is 9.68. The van der Waals surface area contributed by atoms with Crippen LogP contribution in [0, 0.1) is 17.3 Å². The van der Waals surface area contributed by atoms with Gasteiger partial charge in [-0.1, -0.05) is 27.7 Å². The van der Waals surface area contributed by atoms with Gasteiger partial charge in [0.25, 0.3) is 0 Å². The van der Waals surface area contributed by atoms with E-state index in [9.17, 15) is 0 Å². The zero-order chi connectivity index (χ0) is 14.6. The number of likely N-dealkylation sites (N-methyl/N-ethyl adjacent to an activating group) is 1. The SMILES string of the molecule is CCNC(C1=CCCCO1)C1CCC(C(C)(C)C)CC1. The highest BCUT2D eigenvalue weighted by molar-refractivity contribution is 5.08. The van der Waals surface area contributed by atoms with E-state index in [1.165, 1.54) is 44.3 Å². The molecule has 1 aliphatic carbocycles. The van der Waals surface area contributed by atoms with Crippen LogP contribution in [-0.2, 0) is 4.74 Å². The van der Waals surface area contributed by atoms with Crippen molar-refractivity contribution in [3.05, 3.63) is 11.8 Å². The summed E-state index contributed by atoms with van der Waals surface area (Å²) < 4.78 is 5.94. The van der Waals surface area contributed by atoms with Crippen molar-refractivity contribution in [3.63, 3.8) is 0 Å². The van der Waals surface area contributed by atoms with Crippen molar-refractivity contribution in [2.75, 3.05) is 13.2 Å². The zero-order valence-electron chi connectivity index (χ0n) is 13.9. The molecule has 1 unspecified atom stereocenters. The maximum Gasteiger partial charge on any atom is 0.109 e. The second kappa shape index (κ2) is 6.98. The average Bonchev–Trinajstić information content (AvgIpc) is 2.45. The van der Waals surface area contributed by atoms with Crippen molar-refractivity contribution < 1.29 is 4.74 Å². The molecule has 0 saturated heterocycles. The first-order valence-electron chi connectivity index (χ1n) is 8.58. The fourth-order valence-electron chi connectivity index (χ4n) is 3.83. The van der Waals surface area contributed by atoms with Crippen molar-refractivity contribution in [3.8, 4) is 0 Å². The molecule has 1 heterocycles. The summed E-state index contributed by atoms with van der Waals surface area (Å²) in [7, 11) is 0. The average molecular weight is 279 g/mol. The molecule has 0 aromatic carbocycles. The molecule has 1 aliphatic heterocycles. The number of ether oxygens (including phenoxy) is 1. The van der Waals surface area contributed by atoms with Gasteiger partial charge in [0.2, 0.25) is 0 Å². The monoisotopic (exact) mass is 279 g/mol. The van der Waals surface area contributed by atoms with Gasteiger partial charge in [-0.3, -0.25) is 0 Å². The van der Waals surface area contributed by atoms with Crippen LogP contribution in [0.5, 0.6) is 0 Å². The molecule has 1 fully saturated rings. The first-order chi connectivity index (χ1) is 9.52. The predicted octanol–water partition coefficient (Wildman–Crippen LogP) is 4.51. The van der Waals surface area contributed by atoms with Crippen molar-refractivity contribution in [2.45, 2.75) is 72.3 Å². The fourth-order valence-corrected chi connectivity index (χ4v) is 3.83. The Morgan fingerprint density at radius 1 is 1.25 bits per heavy atom. The Morgan fingerprint density at radius 3 is 2.45 bits per heavy atom. The molecule has 1 atom stereocenters. The van der Waals surface area contributed by atoms with Crippen molar-refractivity contribution in [2.24, 2.45) is 17.3 Å². The molecule has 0 spiro atoms. The predicted molar refractivity (Wildman–Crippen MR) is 85.6 cm³/mol. The first kappa shape index (κ1) is 15.9. The lowest BCUT2D eigenvalue weighted by Gasteiger charge is -2.40. The van der Waals surface area contributed by atoms with Crippen LogP contribution in [0.1, 0.15) is 66.2 Å². The van der Waals surface area contributed by atoms with E-state index in [-0.39, 0.29) is 0 Å². The molecule has 0 radical (unpaired) electrons. The number of hydrogen-bond donors (Lipinski definition) is 1. The molecular weight excluding hydrogens is 246 g/mol.